The molecule has 1 N–H and O–H groups in total. The number of halogens is 1. The highest BCUT2D eigenvalue weighted by molar-refractivity contribution is 7.07. The molecule has 1 aromatic heterocycles. The Morgan fingerprint density at radius 1 is 1.02 bits per heavy atom. The van der Waals surface area contributed by atoms with Gasteiger partial charge in [-0.3, -0.25) is 9.36 Å². The van der Waals surface area contributed by atoms with Gasteiger partial charge in [0.25, 0.3) is 5.56 Å². The predicted molar refractivity (Wildman–Crippen MR) is 176 cm³/mol. The van der Waals surface area contributed by atoms with Crippen LogP contribution in [0.3, 0.4) is 0 Å². The first-order valence-corrected chi connectivity index (χ1v) is 15.5. The Labute approximate surface area is 278 Å². The van der Waals surface area contributed by atoms with Crippen LogP contribution in [0.15, 0.2) is 75.7 Å². The summed E-state index contributed by atoms with van der Waals surface area (Å²) in [6.45, 7) is 3.61. The Hall–Kier alpha value is -5.07. The molecule has 0 amide bonds. The van der Waals surface area contributed by atoms with Crippen LogP contribution >= 0.6 is 22.9 Å². The topological polar surface area (TPSA) is 135 Å². The number of benzene rings is 3. The number of carbonyl (C=O) groups is 2. The van der Waals surface area contributed by atoms with Crippen LogP contribution in [0.2, 0.25) is 5.02 Å². The predicted octanol–water partition coefficient (Wildman–Crippen LogP) is 4.75. The zero-order valence-electron chi connectivity index (χ0n) is 26.2. The van der Waals surface area contributed by atoms with Gasteiger partial charge in [0.15, 0.2) is 27.8 Å². The fourth-order valence-corrected chi connectivity index (χ4v) is 6.51. The van der Waals surface area contributed by atoms with E-state index >= 15 is 0 Å². The lowest BCUT2D eigenvalue weighted by Gasteiger charge is -2.25. The number of thiazole rings is 1. The fourth-order valence-electron chi connectivity index (χ4n) is 5.19. The van der Waals surface area contributed by atoms with Crippen LogP contribution < -0.4 is 33.8 Å². The standard InChI is InChI=1S/C34H31ClN2O9S/c1-6-45-33(41)28-18(2)36-34-37(29(28)21-10-11-24(42-3)25(16-21)43-4)31(38)27(47-34)15-20-13-23(35)30(26(14-20)44-5)46-17-19-8-7-9-22(12-19)32(39)40/h7-16,29H,6,17H2,1-5H3,(H,39,40)/b27-15+/t29-/m0/s1. The minimum atomic E-state index is -1.04. The smallest absolute Gasteiger partial charge is 0.338 e. The zero-order valence-corrected chi connectivity index (χ0v) is 27.7. The first-order chi connectivity index (χ1) is 22.6. The van der Waals surface area contributed by atoms with E-state index in [4.69, 9.17) is 35.3 Å². The van der Waals surface area contributed by atoms with Gasteiger partial charge in [-0.2, -0.15) is 0 Å². The van der Waals surface area contributed by atoms with Crippen molar-refractivity contribution in [1.82, 2.24) is 4.57 Å². The molecular formula is C34H31ClN2O9S. The Balaban J connectivity index is 1.57. The SMILES string of the molecule is CCOC(=O)C1=C(C)N=c2s/c(=C/c3cc(Cl)c(OCc4cccc(C(=O)O)c4)c(OC)c3)c(=O)n2[C@H]1c1ccc(OC)c(OC)c1. The van der Waals surface area contributed by atoms with Gasteiger partial charge in [-0.25, -0.2) is 14.6 Å². The molecule has 5 rings (SSSR count). The van der Waals surface area contributed by atoms with Crippen LogP contribution in [0, 0.1) is 0 Å². The van der Waals surface area contributed by atoms with E-state index in [1.807, 2.05) is 0 Å². The molecule has 0 saturated carbocycles. The molecule has 3 aromatic carbocycles. The monoisotopic (exact) mass is 678 g/mol. The minimum absolute atomic E-state index is 0.0490. The second-order valence-corrected chi connectivity index (χ2v) is 11.7. The number of esters is 1. The lowest BCUT2D eigenvalue weighted by atomic mass is 9.95. The molecule has 0 radical (unpaired) electrons. The van der Waals surface area contributed by atoms with E-state index in [1.165, 1.54) is 38.0 Å². The molecule has 0 fully saturated rings. The van der Waals surface area contributed by atoms with E-state index in [9.17, 15) is 19.5 Å². The Morgan fingerprint density at radius 3 is 2.45 bits per heavy atom. The van der Waals surface area contributed by atoms with E-state index in [0.717, 1.165) is 11.3 Å². The van der Waals surface area contributed by atoms with E-state index < -0.39 is 18.0 Å². The lowest BCUT2D eigenvalue weighted by Crippen LogP contribution is -2.40. The molecule has 0 spiro atoms. The number of aromatic carboxylic acids is 1. The van der Waals surface area contributed by atoms with Gasteiger partial charge in [0.05, 0.1) is 60.4 Å². The van der Waals surface area contributed by atoms with Gasteiger partial charge in [-0.05, 0) is 73.0 Å². The summed E-state index contributed by atoms with van der Waals surface area (Å²) in [5, 5.41) is 9.51. The van der Waals surface area contributed by atoms with Crippen molar-refractivity contribution in [3.05, 3.63) is 113 Å². The molecule has 47 heavy (non-hydrogen) atoms. The number of carboxylic acid groups (broad SMARTS) is 1. The highest BCUT2D eigenvalue weighted by Crippen LogP contribution is 2.38. The fraction of sp³-hybridized carbons (Fsp3) is 0.235. The van der Waals surface area contributed by atoms with Gasteiger partial charge in [0.2, 0.25) is 0 Å². The summed E-state index contributed by atoms with van der Waals surface area (Å²) in [4.78, 5) is 43.7. The van der Waals surface area contributed by atoms with Crippen LogP contribution in [0.25, 0.3) is 6.08 Å². The lowest BCUT2D eigenvalue weighted by molar-refractivity contribution is -0.139. The van der Waals surface area contributed by atoms with Crippen molar-refractivity contribution in [3.63, 3.8) is 0 Å². The number of hydrogen-bond acceptors (Lipinski definition) is 10. The summed E-state index contributed by atoms with van der Waals surface area (Å²) in [7, 11) is 4.49. The second kappa shape index (κ2) is 14.1. The number of carboxylic acids is 1. The largest absolute Gasteiger partial charge is 0.493 e. The van der Waals surface area contributed by atoms with E-state index in [0.29, 0.717) is 49.0 Å². The maximum absolute atomic E-state index is 14.1. The van der Waals surface area contributed by atoms with Crippen molar-refractivity contribution < 1.29 is 38.4 Å². The van der Waals surface area contributed by atoms with Crippen molar-refractivity contribution in [2.75, 3.05) is 27.9 Å². The number of nitrogens with zero attached hydrogens (tertiary/aromatic N) is 2. The Bertz CT molecular complexity index is 2080. The molecule has 1 aliphatic rings. The molecule has 4 aromatic rings. The van der Waals surface area contributed by atoms with Crippen molar-refractivity contribution in [2.45, 2.75) is 26.5 Å². The molecule has 0 unspecified atom stereocenters. The number of allylic oxidation sites excluding steroid dienone is 1. The molecule has 1 aliphatic heterocycles. The molecule has 13 heteroatoms. The number of rotatable bonds is 11. The highest BCUT2D eigenvalue weighted by atomic mass is 35.5. The molecule has 11 nitrogen and oxygen atoms in total. The molecule has 1 atom stereocenters. The summed E-state index contributed by atoms with van der Waals surface area (Å²) < 4.78 is 29.6. The first kappa shape index (κ1) is 33.3. The highest BCUT2D eigenvalue weighted by Gasteiger charge is 2.34. The number of fused-ring (bicyclic) bond motifs is 1. The molecule has 2 heterocycles. The van der Waals surface area contributed by atoms with E-state index in [2.05, 4.69) is 4.99 Å². The average Bonchev–Trinajstić information content (AvgIpc) is 3.36. The van der Waals surface area contributed by atoms with Gasteiger partial charge >= 0.3 is 11.9 Å². The molecule has 0 saturated heterocycles. The summed E-state index contributed by atoms with van der Waals surface area (Å²) >= 11 is 7.79. The van der Waals surface area contributed by atoms with Crippen LogP contribution in [0.1, 0.15) is 46.9 Å². The molecule has 0 bridgehead atoms. The van der Waals surface area contributed by atoms with Crippen molar-refractivity contribution in [1.29, 1.82) is 0 Å². The third kappa shape index (κ3) is 6.74. The van der Waals surface area contributed by atoms with Crippen LogP contribution in [-0.4, -0.2) is 49.5 Å². The number of carbonyl (C=O) groups excluding carboxylic acids is 1. The number of ether oxygens (including phenoxy) is 5. The number of methoxy groups -OCH3 is 3. The van der Waals surface area contributed by atoms with Gasteiger partial charge in [0, 0.05) is 0 Å². The maximum atomic E-state index is 14.1. The third-order valence-corrected chi connectivity index (χ3v) is 8.61. The van der Waals surface area contributed by atoms with Gasteiger partial charge in [-0.1, -0.05) is 41.1 Å². The average molecular weight is 679 g/mol. The van der Waals surface area contributed by atoms with E-state index in [1.54, 1.807) is 62.4 Å². The zero-order chi connectivity index (χ0) is 33.8. The minimum Gasteiger partial charge on any atom is -0.493 e. The van der Waals surface area contributed by atoms with E-state index in [-0.39, 0.29) is 40.7 Å². The van der Waals surface area contributed by atoms with Crippen molar-refractivity contribution in [2.24, 2.45) is 4.99 Å². The van der Waals surface area contributed by atoms with Crippen LogP contribution in [0.4, 0.5) is 0 Å². The summed E-state index contributed by atoms with van der Waals surface area (Å²) in [5.41, 5.74) is 2.22. The quantitative estimate of drug-likeness (QED) is 0.223. The Morgan fingerprint density at radius 2 is 1.77 bits per heavy atom. The summed E-state index contributed by atoms with van der Waals surface area (Å²) in [6.07, 6.45) is 1.66. The normalized spacial score (nSPS) is 14.3. The molecule has 244 valence electrons. The van der Waals surface area contributed by atoms with Crippen molar-refractivity contribution in [3.8, 4) is 23.0 Å². The maximum Gasteiger partial charge on any atom is 0.338 e. The molecular weight excluding hydrogens is 648 g/mol. The first-order valence-electron chi connectivity index (χ1n) is 14.3. The number of aromatic nitrogens is 1. The summed E-state index contributed by atoms with van der Waals surface area (Å²) in [5.74, 6) is -0.118. The molecule has 0 aliphatic carbocycles. The van der Waals surface area contributed by atoms with Crippen LogP contribution in [-0.2, 0) is 16.1 Å². The van der Waals surface area contributed by atoms with Crippen LogP contribution in [0.5, 0.6) is 23.0 Å². The second-order valence-electron chi connectivity index (χ2n) is 10.2. The van der Waals surface area contributed by atoms with Gasteiger partial charge in [0.1, 0.15) is 6.61 Å². The third-order valence-electron chi connectivity index (χ3n) is 7.35. The van der Waals surface area contributed by atoms with Crippen molar-refractivity contribution >= 4 is 41.0 Å². The van der Waals surface area contributed by atoms with Gasteiger partial charge < -0.3 is 28.8 Å². The summed E-state index contributed by atoms with van der Waals surface area (Å²) in [6, 6.07) is 14.0. The van der Waals surface area contributed by atoms with Gasteiger partial charge in [-0.15, -0.1) is 0 Å². The number of hydrogen-bond donors (Lipinski definition) is 1. The Kier molecular flexibility index (Phi) is 10.0.